The summed E-state index contributed by atoms with van der Waals surface area (Å²) < 4.78 is 10.7. The van der Waals surface area contributed by atoms with Crippen LogP contribution in [0.1, 0.15) is 25.7 Å². The lowest BCUT2D eigenvalue weighted by Crippen LogP contribution is -2.30. The van der Waals surface area contributed by atoms with Crippen molar-refractivity contribution in [1.29, 1.82) is 0 Å². The molecule has 134 valence electrons. The second-order valence-electron chi connectivity index (χ2n) is 5.44. The fraction of sp³-hybridized carbons (Fsp3) is 0.500. The molecule has 2 amide bonds. The Balaban J connectivity index is 0.00000288. The Morgan fingerprint density at radius 1 is 1.25 bits per heavy atom. The van der Waals surface area contributed by atoms with Gasteiger partial charge in [0.15, 0.2) is 18.1 Å². The molecule has 1 aliphatic carbocycles. The zero-order valence-electron chi connectivity index (χ0n) is 13.7. The predicted octanol–water partition coefficient (Wildman–Crippen LogP) is 1.45. The van der Waals surface area contributed by atoms with Gasteiger partial charge in [-0.25, -0.2) is 0 Å². The van der Waals surface area contributed by atoms with Crippen LogP contribution in [0.3, 0.4) is 0 Å². The smallest absolute Gasteiger partial charge is 0.258 e. The molecule has 0 radical (unpaired) electrons. The molecular weight excluding hydrogens is 334 g/mol. The van der Waals surface area contributed by atoms with E-state index in [1.807, 2.05) is 0 Å². The third-order valence-corrected chi connectivity index (χ3v) is 3.36. The highest BCUT2D eigenvalue weighted by Gasteiger charge is 2.23. The molecule has 4 N–H and O–H groups in total. The molecule has 1 fully saturated rings. The maximum Gasteiger partial charge on any atom is 0.258 e. The Kier molecular flexibility index (Phi) is 8.35. The summed E-state index contributed by atoms with van der Waals surface area (Å²) in [5.74, 6) is 0.643. The van der Waals surface area contributed by atoms with Crippen LogP contribution in [0.25, 0.3) is 0 Å². The summed E-state index contributed by atoms with van der Waals surface area (Å²) >= 11 is 0. The lowest BCUT2D eigenvalue weighted by atomic mass is 10.2. The first-order valence-corrected chi connectivity index (χ1v) is 7.72. The zero-order valence-corrected chi connectivity index (χ0v) is 14.5. The van der Waals surface area contributed by atoms with E-state index in [2.05, 4.69) is 10.6 Å². The normalized spacial score (nSPS) is 12.8. The minimum absolute atomic E-state index is 0. The van der Waals surface area contributed by atoms with Crippen molar-refractivity contribution in [2.24, 2.45) is 5.73 Å². The van der Waals surface area contributed by atoms with Crippen LogP contribution in [0.15, 0.2) is 18.2 Å². The zero-order chi connectivity index (χ0) is 16.7. The summed E-state index contributed by atoms with van der Waals surface area (Å²) in [5, 5.41) is 5.61. The molecule has 0 bridgehead atoms. The van der Waals surface area contributed by atoms with Crippen molar-refractivity contribution >= 4 is 29.9 Å². The second kappa shape index (κ2) is 10.00. The maximum absolute atomic E-state index is 11.7. The van der Waals surface area contributed by atoms with Crippen molar-refractivity contribution in [3.63, 3.8) is 0 Å². The molecule has 0 saturated heterocycles. The van der Waals surface area contributed by atoms with E-state index >= 15 is 0 Å². The minimum atomic E-state index is -0.160. The molecule has 0 atom stereocenters. The number of carbonyl (C=O) groups excluding carboxylic acids is 2. The Morgan fingerprint density at radius 3 is 2.62 bits per heavy atom. The SMILES string of the molecule is COc1ccc(NC(=O)CCCN)cc1OCC(=O)NC1CC1.Cl. The van der Waals surface area contributed by atoms with E-state index in [9.17, 15) is 9.59 Å². The third kappa shape index (κ3) is 6.64. The van der Waals surface area contributed by atoms with Gasteiger partial charge < -0.3 is 25.8 Å². The Labute approximate surface area is 147 Å². The molecule has 24 heavy (non-hydrogen) atoms. The molecule has 1 aromatic carbocycles. The topological polar surface area (TPSA) is 103 Å². The van der Waals surface area contributed by atoms with Crippen LogP contribution in [0.5, 0.6) is 11.5 Å². The number of halogens is 1. The number of hydrogen-bond donors (Lipinski definition) is 3. The van der Waals surface area contributed by atoms with E-state index in [-0.39, 0.29) is 30.8 Å². The summed E-state index contributed by atoms with van der Waals surface area (Å²) in [5.41, 5.74) is 5.97. The monoisotopic (exact) mass is 357 g/mol. The van der Waals surface area contributed by atoms with E-state index in [1.54, 1.807) is 18.2 Å². The standard InChI is InChI=1S/C16H23N3O4.ClH/c1-22-13-7-6-12(19-15(20)3-2-8-17)9-14(13)23-10-16(21)18-11-4-5-11;/h6-7,9,11H,2-5,8,10,17H2,1H3,(H,18,21)(H,19,20);1H. The number of nitrogens with two attached hydrogens (primary N) is 1. The van der Waals surface area contributed by atoms with Crippen molar-refractivity contribution in [3.8, 4) is 11.5 Å². The number of nitrogens with one attached hydrogen (secondary N) is 2. The quantitative estimate of drug-likeness (QED) is 0.620. The molecule has 0 heterocycles. The Bertz CT molecular complexity index is 564. The van der Waals surface area contributed by atoms with Gasteiger partial charge in [-0.3, -0.25) is 9.59 Å². The van der Waals surface area contributed by atoms with Gasteiger partial charge in [0.25, 0.3) is 5.91 Å². The summed E-state index contributed by atoms with van der Waals surface area (Å²) in [6.45, 7) is 0.387. The number of ether oxygens (including phenoxy) is 2. The number of benzene rings is 1. The first kappa shape index (κ1) is 20.1. The highest BCUT2D eigenvalue weighted by Crippen LogP contribution is 2.30. The summed E-state index contributed by atoms with van der Waals surface area (Å²) in [6.07, 6.45) is 3.05. The van der Waals surface area contributed by atoms with Crippen LogP contribution >= 0.6 is 12.4 Å². The summed E-state index contributed by atoms with van der Waals surface area (Å²) in [6, 6.07) is 5.34. The Morgan fingerprint density at radius 2 is 2.00 bits per heavy atom. The molecule has 2 rings (SSSR count). The molecule has 0 unspecified atom stereocenters. The molecule has 1 aromatic rings. The van der Waals surface area contributed by atoms with E-state index in [1.165, 1.54) is 7.11 Å². The number of carbonyl (C=O) groups is 2. The van der Waals surface area contributed by atoms with Gasteiger partial charge in [0.1, 0.15) is 0 Å². The van der Waals surface area contributed by atoms with E-state index < -0.39 is 0 Å². The van der Waals surface area contributed by atoms with Gasteiger partial charge in [0, 0.05) is 24.2 Å². The molecule has 0 spiro atoms. The second-order valence-corrected chi connectivity index (χ2v) is 5.44. The van der Waals surface area contributed by atoms with Crippen molar-refractivity contribution < 1.29 is 19.1 Å². The number of methoxy groups -OCH3 is 1. The molecular formula is C16H24ClN3O4. The van der Waals surface area contributed by atoms with Crippen LogP contribution in [0, 0.1) is 0 Å². The average molecular weight is 358 g/mol. The average Bonchev–Trinajstić information content (AvgIpc) is 3.35. The van der Waals surface area contributed by atoms with E-state index in [0.717, 1.165) is 12.8 Å². The van der Waals surface area contributed by atoms with Gasteiger partial charge in [-0.05, 0) is 37.9 Å². The number of rotatable bonds is 9. The third-order valence-electron chi connectivity index (χ3n) is 3.36. The van der Waals surface area contributed by atoms with E-state index in [4.69, 9.17) is 15.2 Å². The van der Waals surface area contributed by atoms with Crippen LogP contribution in [0.2, 0.25) is 0 Å². The van der Waals surface area contributed by atoms with E-state index in [0.29, 0.717) is 42.6 Å². The minimum Gasteiger partial charge on any atom is -0.493 e. The molecule has 8 heteroatoms. The number of amides is 2. The van der Waals surface area contributed by atoms with Crippen LogP contribution < -0.4 is 25.8 Å². The van der Waals surface area contributed by atoms with Gasteiger partial charge in [-0.2, -0.15) is 0 Å². The van der Waals surface area contributed by atoms with Crippen molar-refractivity contribution in [1.82, 2.24) is 5.32 Å². The molecule has 0 aliphatic heterocycles. The molecule has 0 aromatic heterocycles. The number of anilines is 1. The van der Waals surface area contributed by atoms with Gasteiger partial charge in [-0.15, -0.1) is 12.4 Å². The first-order valence-electron chi connectivity index (χ1n) is 7.72. The first-order chi connectivity index (χ1) is 11.1. The lowest BCUT2D eigenvalue weighted by Gasteiger charge is -2.13. The molecule has 1 aliphatic rings. The van der Waals surface area contributed by atoms with Gasteiger partial charge in [-0.1, -0.05) is 0 Å². The number of hydrogen-bond acceptors (Lipinski definition) is 5. The van der Waals surface area contributed by atoms with Gasteiger partial charge in [0.05, 0.1) is 7.11 Å². The Hall–Kier alpha value is -1.99. The predicted molar refractivity (Wildman–Crippen MR) is 93.8 cm³/mol. The van der Waals surface area contributed by atoms with Gasteiger partial charge >= 0.3 is 0 Å². The van der Waals surface area contributed by atoms with Gasteiger partial charge in [0.2, 0.25) is 5.91 Å². The van der Waals surface area contributed by atoms with Crippen LogP contribution in [-0.4, -0.2) is 38.1 Å². The van der Waals surface area contributed by atoms with Crippen molar-refractivity contribution in [2.45, 2.75) is 31.7 Å². The largest absolute Gasteiger partial charge is 0.493 e. The van der Waals surface area contributed by atoms with Crippen molar-refractivity contribution in [2.75, 3.05) is 25.6 Å². The van der Waals surface area contributed by atoms with Crippen molar-refractivity contribution in [3.05, 3.63) is 18.2 Å². The molecule has 1 saturated carbocycles. The highest BCUT2D eigenvalue weighted by atomic mass is 35.5. The lowest BCUT2D eigenvalue weighted by molar-refractivity contribution is -0.123. The fourth-order valence-corrected chi connectivity index (χ4v) is 1.99. The fourth-order valence-electron chi connectivity index (χ4n) is 1.99. The maximum atomic E-state index is 11.7. The molecule has 7 nitrogen and oxygen atoms in total. The summed E-state index contributed by atoms with van der Waals surface area (Å²) in [7, 11) is 1.52. The summed E-state index contributed by atoms with van der Waals surface area (Å²) in [4.78, 5) is 23.4. The van der Waals surface area contributed by atoms with Crippen LogP contribution in [-0.2, 0) is 9.59 Å². The van der Waals surface area contributed by atoms with Crippen LogP contribution in [0.4, 0.5) is 5.69 Å². The highest BCUT2D eigenvalue weighted by molar-refractivity contribution is 5.91.